The van der Waals surface area contributed by atoms with Crippen LogP contribution in [-0.2, 0) is 16.0 Å². The van der Waals surface area contributed by atoms with Gasteiger partial charge in [0, 0.05) is 11.3 Å². The molecule has 1 heterocycles. The fourth-order valence-electron chi connectivity index (χ4n) is 3.75. The number of imide groups is 1. The lowest BCUT2D eigenvalue weighted by Crippen LogP contribution is -2.33. The Labute approximate surface area is 182 Å². The van der Waals surface area contributed by atoms with Gasteiger partial charge in [-0.05, 0) is 48.7 Å². The average molecular weight is 412 g/mol. The standard InChI is InChI=1S/C26H24N2O3/c1-4-18-13-15-19(16-14-18)27-24-23(20-10-6-8-12-22(20)31-3)25(29)28(26(24)30)21-11-7-5-9-17(21)2/h5-16,27H,4H2,1-3H3. The molecule has 0 atom stereocenters. The zero-order valence-corrected chi connectivity index (χ0v) is 17.8. The SMILES string of the molecule is CCc1ccc(NC2=C(c3ccccc3OC)C(=O)N(c3ccccc3C)C2=O)cc1. The zero-order valence-electron chi connectivity index (χ0n) is 17.8. The molecule has 0 radical (unpaired) electrons. The van der Waals surface area contributed by atoms with Gasteiger partial charge in [0.15, 0.2) is 0 Å². The van der Waals surface area contributed by atoms with Crippen molar-refractivity contribution in [1.29, 1.82) is 0 Å². The quantitative estimate of drug-likeness (QED) is 0.581. The monoisotopic (exact) mass is 412 g/mol. The van der Waals surface area contributed by atoms with Crippen molar-refractivity contribution < 1.29 is 14.3 Å². The van der Waals surface area contributed by atoms with Gasteiger partial charge in [0.25, 0.3) is 11.8 Å². The van der Waals surface area contributed by atoms with Crippen LogP contribution in [0.15, 0.2) is 78.5 Å². The van der Waals surface area contributed by atoms with E-state index < -0.39 is 0 Å². The van der Waals surface area contributed by atoms with Gasteiger partial charge in [-0.25, -0.2) is 4.90 Å². The van der Waals surface area contributed by atoms with Gasteiger partial charge in [-0.3, -0.25) is 9.59 Å². The number of hydrogen-bond donors (Lipinski definition) is 1. The smallest absolute Gasteiger partial charge is 0.282 e. The van der Waals surface area contributed by atoms with Crippen molar-refractivity contribution in [2.75, 3.05) is 17.3 Å². The molecule has 1 N–H and O–H groups in total. The summed E-state index contributed by atoms with van der Waals surface area (Å²) < 4.78 is 5.49. The maximum absolute atomic E-state index is 13.6. The van der Waals surface area contributed by atoms with E-state index in [1.165, 1.54) is 10.5 Å². The third-order valence-electron chi connectivity index (χ3n) is 5.45. The number of nitrogens with zero attached hydrogens (tertiary/aromatic N) is 1. The van der Waals surface area contributed by atoms with Gasteiger partial charge in [-0.2, -0.15) is 0 Å². The van der Waals surface area contributed by atoms with Crippen molar-refractivity contribution in [2.45, 2.75) is 20.3 Å². The van der Waals surface area contributed by atoms with Gasteiger partial charge in [0.1, 0.15) is 11.4 Å². The maximum atomic E-state index is 13.6. The molecule has 0 aromatic heterocycles. The Bertz CT molecular complexity index is 1180. The Balaban J connectivity index is 1.85. The van der Waals surface area contributed by atoms with E-state index in [0.29, 0.717) is 22.6 Å². The lowest BCUT2D eigenvalue weighted by Gasteiger charge is -2.18. The normalized spacial score (nSPS) is 13.7. The van der Waals surface area contributed by atoms with E-state index in [0.717, 1.165) is 17.7 Å². The Kier molecular flexibility index (Phi) is 5.58. The molecule has 3 aromatic carbocycles. The number of nitrogens with one attached hydrogen (secondary N) is 1. The van der Waals surface area contributed by atoms with Crippen LogP contribution in [0.4, 0.5) is 11.4 Å². The van der Waals surface area contributed by atoms with Crippen LogP contribution in [0.1, 0.15) is 23.6 Å². The summed E-state index contributed by atoms with van der Waals surface area (Å²) in [5.41, 5.74) is 4.46. The second kappa shape index (κ2) is 8.48. The number of carbonyl (C=O) groups is 2. The lowest BCUT2D eigenvalue weighted by molar-refractivity contribution is -0.120. The minimum absolute atomic E-state index is 0.238. The van der Waals surface area contributed by atoms with Crippen LogP contribution in [0.5, 0.6) is 5.75 Å². The molecular weight excluding hydrogens is 388 g/mol. The summed E-state index contributed by atoms with van der Waals surface area (Å²) in [5, 5.41) is 3.20. The highest BCUT2D eigenvalue weighted by Gasteiger charge is 2.41. The van der Waals surface area contributed by atoms with Crippen molar-refractivity contribution in [3.05, 3.63) is 95.2 Å². The number of hydrogen-bond acceptors (Lipinski definition) is 4. The molecule has 5 nitrogen and oxygen atoms in total. The Morgan fingerprint density at radius 3 is 2.23 bits per heavy atom. The van der Waals surface area contributed by atoms with Gasteiger partial charge in [0.05, 0.1) is 18.4 Å². The summed E-state index contributed by atoms with van der Waals surface area (Å²) in [6.07, 6.45) is 0.925. The van der Waals surface area contributed by atoms with Crippen molar-refractivity contribution in [3.63, 3.8) is 0 Å². The number of benzene rings is 3. The summed E-state index contributed by atoms with van der Waals surface area (Å²) >= 11 is 0. The highest BCUT2D eigenvalue weighted by Crippen LogP contribution is 2.38. The zero-order chi connectivity index (χ0) is 22.0. The van der Waals surface area contributed by atoms with Gasteiger partial charge in [-0.15, -0.1) is 0 Å². The minimum Gasteiger partial charge on any atom is -0.496 e. The van der Waals surface area contributed by atoms with E-state index in [1.54, 1.807) is 25.3 Å². The second-order valence-corrected chi connectivity index (χ2v) is 7.36. The van der Waals surface area contributed by atoms with E-state index in [1.807, 2.05) is 61.5 Å². The third-order valence-corrected chi connectivity index (χ3v) is 5.45. The first-order valence-electron chi connectivity index (χ1n) is 10.2. The molecule has 0 aliphatic carbocycles. The van der Waals surface area contributed by atoms with Gasteiger partial charge < -0.3 is 10.1 Å². The predicted molar refractivity (Wildman–Crippen MR) is 123 cm³/mol. The Hall–Kier alpha value is -3.86. The maximum Gasteiger partial charge on any atom is 0.282 e. The van der Waals surface area contributed by atoms with Gasteiger partial charge in [0.2, 0.25) is 0 Å². The molecular formula is C26H24N2O3. The number of ether oxygens (including phenoxy) is 1. The average Bonchev–Trinajstić information content (AvgIpc) is 3.04. The summed E-state index contributed by atoms with van der Waals surface area (Å²) in [6.45, 7) is 3.97. The molecule has 0 unspecified atom stereocenters. The summed E-state index contributed by atoms with van der Waals surface area (Å²) in [6, 6.07) is 22.4. The molecule has 4 rings (SSSR count). The number of carbonyl (C=O) groups excluding carboxylic acids is 2. The van der Waals surface area contributed by atoms with Gasteiger partial charge in [-0.1, -0.05) is 55.5 Å². The van der Waals surface area contributed by atoms with Crippen molar-refractivity contribution >= 4 is 28.8 Å². The van der Waals surface area contributed by atoms with Crippen LogP contribution in [0.3, 0.4) is 0 Å². The molecule has 31 heavy (non-hydrogen) atoms. The first-order chi connectivity index (χ1) is 15.0. The molecule has 3 aromatic rings. The van der Waals surface area contributed by atoms with Crippen LogP contribution in [0, 0.1) is 6.92 Å². The Morgan fingerprint density at radius 1 is 0.871 bits per heavy atom. The van der Waals surface area contributed by atoms with Crippen molar-refractivity contribution in [2.24, 2.45) is 0 Å². The van der Waals surface area contributed by atoms with E-state index >= 15 is 0 Å². The first kappa shape index (κ1) is 20.4. The molecule has 5 heteroatoms. The van der Waals surface area contributed by atoms with E-state index in [9.17, 15) is 9.59 Å². The van der Waals surface area contributed by atoms with Gasteiger partial charge >= 0.3 is 0 Å². The fraction of sp³-hybridized carbons (Fsp3) is 0.154. The summed E-state index contributed by atoms with van der Waals surface area (Å²) in [5.74, 6) is -0.234. The molecule has 0 bridgehead atoms. The predicted octanol–water partition coefficient (Wildman–Crippen LogP) is 4.96. The minimum atomic E-state index is -0.389. The van der Waals surface area contributed by atoms with Crippen LogP contribution in [0.2, 0.25) is 0 Å². The molecule has 2 amide bonds. The highest BCUT2D eigenvalue weighted by atomic mass is 16.5. The fourth-order valence-corrected chi connectivity index (χ4v) is 3.75. The number of rotatable bonds is 6. The summed E-state index contributed by atoms with van der Waals surface area (Å²) in [7, 11) is 1.55. The highest BCUT2D eigenvalue weighted by molar-refractivity contribution is 6.46. The number of methoxy groups -OCH3 is 1. The van der Waals surface area contributed by atoms with Crippen molar-refractivity contribution in [3.8, 4) is 5.75 Å². The molecule has 1 aliphatic heterocycles. The first-order valence-corrected chi connectivity index (χ1v) is 10.2. The second-order valence-electron chi connectivity index (χ2n) is 7.36. The third kappa shape index (κ3) is 3.70. The Morgan fingerprint density at radius 2 is 1.55 bits per heavy atom. The van der Waals surface area contributed by atoms with E-state index in [4.69, 9.17) is 4.74 Å². The summed E-state index contributed by atoms with van der Waals surface area (Å²) in [4.78, 5) is 28.3. The molecule has 156 valence electrons. The number of amides is 2. The van der Waals surface area contributed by atoms with Crippen LogP contribution < -0.4 is 15.0 Å². The molecule has 0 fully saturated rings. The van der Waals surface area contributed by atoms with Crippen LogP contribution in [-0.4, -0.2) is 18.9 Å². The van der Waals surface area contributed by atoms with E-state index in [-0.39, 0.29) is 17.5 Å². The number of aryl methyl sites for hydroxylation is 2. The van der Waals surface area contributed by atoms with Crippen LogP contribution >= 0.6 is 0 Å². The van der Waals surface area contributed by atoms with Crippen LogP contribution in [0.25, 0.3) is 5.57 Å². The number of para-hydroxylation sites is 2. The molecule has 1 aliphatic rings. The molecule has 0 saturated heterocycles. The van der Waals surface area contributed by atoms with E-state index in [2.05, 4.69) is 12.2 Å². The molecule has 0 spiro atoms. The molecule has 0 saturated carbocycles. The van der Waals surface area contributed by atoms with Crippen molar-refractivity contribution in [1.82, 2.24) is 0 Å². The number of anilines is 2. The topological polar surface area (TPSA) is 58.6 Å². The largest absolute Gasteiger partial charge is 0.496 e. The lowest BCUT2D eigenvalue weighted by atomic mass is 10.0.